The van der Waals surface area contributed by atoms with E-state index in [1.807, 2.05) is 36.2 Å². The molecule has 0 fully saturated rings. The van der Waals surface area contributed by atoms with Crippen molar-refractivity contribution in [2.24, 2.45) is 22.4 Å². The van der Waals surface area contributed by atoms with Gasteiger partial charge in [0, 0.05) is 19.5 Å². The van der Waals surface area contributed by atoms with Gasteiger partial charge in [-0.25, -0.2) is 9.98 Å². The monoisotopic (exact) mass is 191 g/mol. The van der Waals surface area contributed by atoms with Crippen molar-refractivity contribution in [3.05, 3.63) is 18.3 Å². The summed E-state index contributed by atoms with van der Waals surface area (Å²) in [6, 6.07) is 3.91. The number of hydrogen-bond donors (Lipinski definition) is 0. The average Bonchev–Trinajstić information content (AvgIpc) is 2.44. The summed E-state index contributed by atoms with van der Waals surface area (Å²) in [5.74, 6) is 0.913. The van der Waals surface area contributed by atoms with Gasteiger partial charge >= 0.3 is 0 Å². The molecule has 0 radical (unpaired) electrons. The molecule has 1 aromatic rings. The second-order valence-electron chi connectivity index (χ2n) is 4.37. The molecule has 0 aliphatic rings. The van der Waals surface area contributed by atoms with Crippen molar-refractivity contribution < 1.29 is 0 Å². The van der Waals surface area contributed by atoms with Crippen LogP contribution in [0.4, 0.5) is 5.82 Å². The summed E-state index contributed by atoms with van der Waals surface area (Å²) in [5, 5.41) is 0. The lowest BCUT2D eigenvalue weighted by Crippen LogP contribution is -2.05. The van der Waals surface area contributed by atoms with Gasteiger partial charge in [0.15, 0.2) is 0 Å². The van der Waals surface area contributed by atoms with Crippen LogP contribution in [0.2, 0.25) is 0 Å². The molecule has 0 saturated heterocycles. The highest BCUT2D eigenvalue weighted by atomic mass is 15.0. The summed E-state index contributed by atoms with van der Waals surface area (Å²) in [6.45, 7) is 6.31. The summed E-state index contributed by atoms with van der Waals surface area (Å²) < 4.78 is 1.95. The van der Waals surface area contributed by atoms with E-state index in [9.17, 15) is 0 Å². The minimum absolute atomic E-state index is 0.111. The fourth-order valence-corrected chi connectivity index (χ4v) is 0.936. The Labute approximate surface area is 85.2 Å². The number of aliphatic imine (C=N–C) groups is 2. The molecule has 3 nitrogen and oxygen atoms in total. The van der Waals surface area contributed by atoms with Crippen molar-refractivity contribution in [2.75, 3.05) is 0 Å². The molecule has 76 valence electrons. The molecular formula is C11H17N3. The van der Waals surface area contributed by atoms with Crippen LogP contribution in [0, 0.1) is 5.41 Å². The van der Waals surface area contributed by atoms with Crippen molar-refractivity contribution in [1.82, 2.24) is 4.57 Å². The van der Waals surface area contributed by atoms with Gasteiger partial charge in [-0.3, -0.25) is 0 Å². The maximum Gasteiger partial charge on any atom is 0.134 e. The molecule has 0 N–H and O–H groups in total. The zero-order valence-electron chi connectivity index (χ0n) is 9.23. The van der Waals surface area contributed by atoms with Crippen LogP contribution in [0.25, 0.3) is 0 Å². The van der Waals surface area contributed by atoms with Gasteiger partial charge in [-0.05, 0) is 17.5 Å². The van der Waals surface area contributed by atoms with Crippen molar-refractivity contribution in [3.63, 3.8) is 0 Å². The first-order chi connectivity index (χ1) is 6.49. The summed E-state index contributed by atoms with van der Waals surface area (Å²) in [7, 11) is 1.96. The minimum Gasteiger partial charge on any atom is -0.336 e. The Kier molecular flexibility index (Phi) is 3.23. The Balaban J connectivity index is 2.58. The number of aryl methyl sites for hydroxylation is 1. The summed E-state index contributed by atoms with van der Waals surface area (Å²) >= 11 is 0. The van der Waals surface area contributed by atoms with Crippen molar-refractivity contribution in [2.45, 2.75) is 20.8 Å². The highest BCUT2D eigenvalue weighted by molar-refractivity contribution is 5.76. The van der Waals surface area contributed by atoms with E-state index >= 15 is 0 Å². The molecule has 14 heavy (non-hydrogen) atoms. The Bertz CT molecular complexity index is 340. The van der Waals surface area contributed by atoms with Gasteiger partial charge in [0.1, 0.15) is 12.2 Å². The van der Waals surface area contributed by atoms with Crippen LogP contribution < -0.4 is 0 Å². The molecule has 0 unspecified atom stereocenters. The van der Waals surface area contributed by atoms with E-state index in [1.165, 1.54) is 0 Å². The molecule has 1 aromatic heterocycles. The van der Waals surface area contributed by atoms with Crippen LogP contribution in [0.5, 0.6) is 0 Å². The first-order valence-electron chi connectivity index (χ1n) is 4.67. The average molecular weight is 191 g/mol. The summed E-state index contributed by atoms with van der Waals surface area (Å²) in [5.41, 5.74) is 0.111. The lowest BCUT2D eigenvalue weighted by atomic mass is 9.99. The van der Waals surface area contributed by atoms with Crippen LogP contribution in [-0.2, 0) is 7.05 Å². The van der Waals surface area contributed by atoms with Gasteiger partial charge in [0.2, 0.25) is 0 Å². The van der Waals surface area contributed by atoms with Gasteiger partial charge in [0.25, 0.3) is 0 Å². The Hall–Kier alpha value is -1.38. The molecule has 1 heterocycles. The lowest BCUT2D eigenvalue weighted by Gasteiger charge is -2.08. The van der Waals surface area contributed by atoms with E-state index in [4.69, 9.17) is 0 Å². The first kappa shape index (κ1) is 10.7. The van der Waals surface area contributed by atoms with E-state index in [1.54, 1.807) is 6.34 Å². The normalized spacial score (nSPS) is 13.1. The molecule has 0 amide bonds. The SMILES string of the molecule is Cn1cccc1N=CN=CC(C)(C)C. The van der Waals surface area contributed by atoms with Gasteiger partial charge in [0.05, 0.1) is 0 Å². The number of rotatable bonds is 2. The van der Waals surface area contributed by atoms with Gasteiger partial charge in [-0.15, -0.1) is 0 Å². The van der Waals surface area contributed by atoms with E-state index < -0.39 is 0 Å². The van der Waals surface area contributed by atoms with Crippen LogP contribution in [0.3, 0.4) is 0 Å². The standard InChI is InChI=1S/C11H17N3/c1-11(2,3)8-12-9-13-10-6-5-7-14(10)4/h5-9H,1-4H3. The number of hydrogen-bond acceptors (Lipinski definition) is 1. The first-order valence-corrected chi connectivity index (χ1v) is 4.67. The summed E-state index contributed by atoms with van der Waals surface area (Å²) in [4.78, 5) is 8.34. The highest BCUT2D eigenvalue weighted by Crippen LogP contribution is 2.10. The molecule has 1 rings (SSSR count). The lowest BCUT2D eigenvalue weighted by molar-refractivity contribution is 0.608. The quantitative estimate of drug-likeness (QED) is 0.508. The van der Waals surface area contributed by atoms with Crippen molar-refractivity contribution in [3.8, 4) is 0 Å². The van der Waals surface area contributed by atoms with Gasteiger partial charge in [-0.1, -0.05) is 20.8 Å². The summed E-state index contributed by atoms with van der Waals surface area (Å²) in [6.07, 6.45) is 5.43. The molecule has 0 spiro atoms. The topological polar surface area (TPSA) is 29.6 Å². The number of aromatic nitrogens is 1. The molecule has 0 atom stereocenters. The molecule has 0 bridgehead atoms. The molecule has 0 aromatic carbocycles. The van der Waals surface area contributed by atoms with E-state index in [2.05, 4.69) is 30.8 Å². The Morgan fingerprint density at radius 1 is 1.36 bits per heavy atom. The Morgan fingerprint density at radius 2 is 2.07 bits per heavy atom. The second-order valence-corrected chi connectivity index (χ2v) is 4.37. The van der Waals surface area contributed by atoms with Gasteiger partial charge in [-0.2, -0.15) is 0 Å². The minimum atomic E-state index is 0.111. The fraction of sp³-hybridized carbons (Fsp3) is 0.455. The van der Waals surface area contributed by atoms with Crippen LogP contribution >= 0.6 is 0 Å². The van der Waals surface area contributed by atoms with Crippen LogP contribution in [-0.4, -0.2) is 17.1 Å². The van der Waals surface area contributed by atoms with E-state index in [0.29, 0.717) is 0 Å². The van der Waals surface area contributed by atoms with E-state index in [0.717, 1.165) is 5.82 Å². The fourth-order valence-electron chi connectivity index (χ4n) is 0.936. The largest absolute Gasteiger partial charge is 0.336 e. The van der Waals surface area contributed by atoms with Gasteiger partial charge < -0.3 is 4.57 Å². The predicted octanol–water partition coefficient (Wildman–Crippen LogP) is 2.80. The third-order valence-corrected chi connectivity index (χ3v) is 1.63. The van der Waals surface area contributed by atoms with Crippen LogP contribution in [0.1, 0.15) is 20.8 Å². The molecule has 3 heteroatoms. The molecule has 0 aliphatic heterocycles. The highest BCUT2D eigenvalue weighted by Gasteiger charge is 2.03. The van der Waals surface area contributed by atoms with Crippen molar-refractivity contribution in [1.29, 1.82) is 0 Å². The van der Waals surface area contributed by atoms with E-state index in [-0.39, 0.29) is 5.41 Å². The third-order valence-electron chi connectivity index (χ3n) is 1.63. The predicted molar refractivity (Wildman–Crippen MR) is 61.5 cm³/mol. The van der Waals surface area contributed by atoms with Crippen LogP contribution in [0.15, 0.2) is 28.3 Å². The second kappa shape index (κ2) is 4.22. The molecule has 0 saturated carbocycles. The maximum absolute atomic E-state index is 4.21. The third kappa shape index (κ3) is 3.56. The zero-order chi connectivity index (χ0) is 10.6. The zero-order valence-corrected chi connectivity index (χ0v) is 9.23. The molecule has 0 aliphatic carbocycles. The Morgan fingerprint density at radius 3 is 2.57 bits per heavy atom. The maximum atomic E-state index is 4.21. The smallest absolute Gasteiger partial charge is 0.134 e. The van der Waals surface area contributed by atoms with Crippen molar-refractivity contribution >= 4 is 18.4 Å². The number of nitrogens with zero attached hydrogens (tertiary/aromatic N) is 3. The molecular weight excluding hydrogens is 174 g/mol.